The fraction of sp³-hybridized carbons (Fsp3) is 0.217. The number of carbonyl (C=O) groups excluding carboxylic acids is 1. The normalized spacial score (nSPS) is 10.4. The Morgan fingerprint density at radius 1 is 1.14 bits per heavy atom. The molecule has 148 valence electrons. The molecule has 0 spiro atoms. The van der Waals surface area contributed by atoms with E-state index >= 15 is 0 Å². The van der Waals surface area contributed by atoms with E-state index in [0.29, 0.717) is 24.1 Å². The minimum atomic E-state index is -0.474. The van der Waals surface area contributed by atoms with Crippen molar-refractivity contribution in [2.24, 2.45) is 5.73 Å². The molecule has 6 heteroatoms. The van der Waals surface area contributed by atoms with Gasteiger partial charge in [-0.05, 0) is 60.9 Å². The summed E-state index contributed by atoms with van der Waals surface area (Å²) < 4.78 is 12.9. The van der Waals surface area contributed by atoms with Gasteiger partial charge in [-0.1, -0.05) is 12.1 Å². The van der Waals surface area contributed by atoms with Gasteiger partial charge < -0.3 is 19.8 Å². The van der Waals surface area contributed by atoms with Crippen molar-refractivity contribution in [1.82, 2.24) is 4.57 Å². The lowest BCUT2D eigenvalue weighted by atomic mass is 10.1. The molecule has 0 aliphatic rings. The van der Waals surface area contributed by atoms with Gasteiger partial charge >= 0.3 is 0 Å². The van der Waals surface area contributed by atoms with Gasteiger partial charge in [0.2, 0.25) is 0 Å². The molecule has 0 bridgehead atoms. The van der Waals surface area contributed by atoms with E-state index in [2.05, 4.69) is 10.6 Å². The van der Waals surface area contributed by atoms with Crippen LogP contribution >= 0.6 is 0 Å². The van der Waals surface area contributed by atoms with Crippen LogP contribution in [0.3, 0.4) is 0 Å². The number of carbonyl (C=O) groups is 1. The zero-order valence-corrected chi connectivity index (χ0v) is 16.7. The first-order valence-electron chi connectivity index (χ1n) is 9.19. The van der Waals surface area contributed by atoms with Crippen molar-refractivity contribution in [3.63, 3.8) is 0 Å². The second-order valence-electron chi connectivity index (χ2n) is 6.66. The van der Waals surface area contributed by atoms with Crippen LogP contribution < -0.4 is 15.2 Å². The van der Waals surface area contributed by atoms with E-state index < -0.39 is 5.91 Å². The number of benzene rings is 2. The van der Waals surface area contributed by atoms with Gasteiger partial charge in [-0.15, -0.1) is 0 Å². The summed E-state index contributed by atoms with van der Waals surface area (Å²) in [6.45, 7) is 2.48. The SMILES string of the molecule is COc1ccc(OC)c(CCn2c(-c3cccc(C#N)c3)cc(C(N)=O)c2C)c1. The summed E-state index contributed by atoms with van der Waals surface area (Å²) in [5.74, 6) is 1.06. The van der Waals surface area contributed by atoms with Crippen LogP contribution in [-0.2, 0) is 13.0 Å². The predicted octanol–water partition coefficient (Wildman–Crippen LogP) is 3.69. The minimum absolute atomic E-state index is 0.472. The maximum Gasteiger partial charge on any atom is 0.250 e. The molecule has 1 aromatic heterocycles. The van der Waals surface area contributed by atoms with E-state index in [1.165, 1.54) is 0 Å². The summed E-state index contributed by atoms with van der Waals surface area (Å²) in [7, 11) is 3.26. The molecular formula is C23H23N3O3. The number of nitrogens with two attached hydrogens (primary N) is 1. The van der Waals surface area contributed by atoms with Crippen LogP contribution in [0.5, 0.6) is 11.5 Å². The van der Waals surface area contributed by atoms with E-state index in [0.717, 1.165) is 34.0 Å². The Labute approximate surface area is 170 Å². The second kappa shape index (κ2) is 8.53. The summed E-state index contributed by atoms with van der Waals surface area (Å²) in [6, 6.07) is 16.9. The number of nitriles is 1. The van der Waals surface area contributed by atoms with Crippen LogP contribution in [0, 0.1) is 18.3 Å². The standard InChI is InChI=1S/C23H23N3O3/c1-15-20(23(25)27)13-21(17-6-4-5-16(11-17)14-24)26(15)10-9-18-12-19(28-2)7-8-22(18)29-3/h4-8,11-13H,9-10H2,1-3H3,(H2,25,27). The van der Waals surface area contributed by atoms with Gasteiger partial charge in [0, 0.05) is 17.9 Å². The lowest BCUT2D eigenvalue weighted by molar-refractivity contribution is 0.0999. The molecule has 0 atom stereocenters. The highest BCUT2D eigenvalue weighted by Crippen LogP contribution is 2.29. The van der Waals surface area contributed by atoms with Gasteiger partial charge in [-0.25, -0.2) is 0 Å². The molecule has 3 aromatic rings. The highest BCUT2D eigenvalue weighted by molar-refractivity contribution is 5.95. The molecule has 0 aliphatic carbocycles. The maximum absolute atomic E-state index is 11.9. The first kappa shape index (κ1) is 20.0. The van der Waals surface area contributed by atoms with Crippen LogP contribution in [0.2, 0.25) is 0 Å². The van der Waals surface area contributed by atoms with Gasteiger partial charge in [-0.2, -0.15) is 5.26 Å². The first-order chi connectivity index (χ1) is 14.0. The molecule has 0 saturated heterocycles. The fourth-order valence-corrected chi connectivity index (χ4v) is 3.48. The van der Waals surface area contributed by atoms with Crippen molar-refractivity contribution >= 4 is 5.91 Å². The summed E-state index contributed by atoms with van der Waals surface area (Å²) in [5, 5.41) is 9.23. The van der Waals surface area contributed by atoms with Crippen molar-refractivity contribution in [3.05, 3.63) is 70.9 Å². The molecule has 0 unspecified atom stereocenters. The Morgan fingerprint density at radius 3 is 2.59 bits per heavy atom. The first-order valence-corrected chi connectivity index (χ1v) is 9.19. The summed E-state index contributed by atoms with van der Waals surface area (Å²) >= 11 is 0. The summed E-state index contributed by atoms with van der Waals surface area (Å²) in [5.41, 5.74) is 10.1. The van der Waals surface area contributed by atoms with Crippen molar-refractivity contribution in [3.8, 4) is 28.8 Å². The predicted molar refractivity (Wildman–Crippen MR) is 111 cm³/mol. The van der Waals surface area contributed by atoms with Crippen molar-refractivity contribution in [1.29, 1.82) is 5.26 Å². The third kappa shape index (κ3) is 4.09. The largest absolute Gasteiger partial charge is 0.497 e. The van der Waals surface area contributed by atoms with E-state index in [1.54, 1.807) is 26.4 Å². The second-order valence-corrected chi connectivity index (χ2v) is 6.66. The van der Waals surface area contributed by atoms with E-state index in [4.69, 9.17) is 15.2 Å². The van der Waals surface area contributed by atoms with Gasteiger partial charge in [0.05, 0.1) is 31.4 Å². The average molecular weight is 389 g/mol. The number of rotatable bonds is 7. The van der Waals surface area contributed by atoms with Crippen LogP contribution in [0.4, 0.5) is 0 Å². The third-order valence-corrected chi connectivity index (χ3v) is 5.01. The number of nitrogens with zero attached hydrogens (tertiary/aromatic N) is 2. The zero-order valence-electron chi connectivity index (χ0n) is 16.7. The third-order valence-electron chi connectivity index (χ3n) is 5.01. The molecule has 29 heavy (non-hydrogen) atoms. The highest BCUT2D eigenvalue weighted by Gasteiger charge is 2.17. The number of ether oxygens (including phenoxy) is 2. The van der Waals surface area contributed by atoms with E-state index in [-0.39, 0.29) is 0 Å². The van der Waals surface area contributed by atoms with Crippen molar-refractivity contribution < 1.29 is 14.3 Å². The molecule has 1 heterocycles. The van der Waals surface area contributed by atoms with Crippen LogP contribution in [0.15, 0.2) is 48.5 Å². The number of methoxy groups -OCH3 is 2. The Hall–Kier alpha value is -3.72. The number of hydrogen-bond donors (Lipinski definition) is 1. The lowest BCUT2D eigenvalue weighted by Gasteiger charge is -2.15. The molecule has 0 aliphatic heterocycles. The monoisotopic (exact) mass is 389 g/mol. The molecule has 0 radical (unpaired) electrons. The average Bonchev–Trinajstić information content (AvgIpc) is 3.08. The smallest absolute Gasteiger partial charge is 0.250 e. The molecule has 1 amide bonds. The Kier molecular flexibility index (Phi) is 5.89. The van der Waals surface area contributed by atoms with Gasteiger partial charge in [-0.3, -0.25) is 4.79 Å². The summed E-state index contributed by atoms with van der Waals surface area (Å²) in [4.78, 5) is 11.9. The van der Waals surface area contributed by atoms with Crippen LogP contribution in [0.25, 0.3) is 11.3 Å². The van der Waals surface area contributed by atoms with Crippen molar-refractivity contribution in [2.75, 3.05) is 14.2 Å². The number of aryl methyl sites for hydroxylation is 1. The number of aromatic nitrogens is 1. The van der Waals surface area contributed by atoms with Crippen molar-refractivity contribution in [2.45, 2.75) is 19.9 Å². The topological polar surface area (TPSA) is 90.3 Å². The lowest BCUT2D eigenvalue weighted by Crippen LogP contribution is -2.13. The molecular weight excluding hydrogens is 366 g/mol. The van der Waals surface area contributed by atoms with Gasteiger partial charge in [0.25, 0.3) is 5.91 Å². The Morgan fingerprint density at radius 2 is 1.93 bits per heavy atom. The van der Waals surface area contributed by atoms with Crippen LogP contribution in [-0.4, -0.2) is 24.7 Å². The Balaban J connectivity index is 2.03. The molecule has 3 rings (SSSR count). The highest BCUT2D eigenvalue weighted by atomic mass is 16.5. The number of primary amides is 1. The molecule has 0 fully saturated rings. The van der Waals surface area contributed by atoms with E-state index in [9.17, 15) is 10.1 Å². The molecule has 2 N–H and O–H groups in total. The Bertz CT molecular complexity index is 1090. The molecule has 2 aromatic carbocycles. The van der Waals surface area contributed by atoms with Gasteiger partial charge in [0.15, 0.2) is 0 Å². The van der Waals surface area contributed by atoms with Crippen LogP contribution in [0.1, 0.15) is 27.2 Å². The van der Waals surface area contributed by atoms with E-state index in [1.807, 2.05) is 43.3 Å². The molecule has 6 nitrogen and oxygen atoms in total. The quantitative estimate of drug-likeness (QED) is 0.667. The minimum Gasteiger partial charge on any atom is -0.497 e. The maximum atomic E-state index is 11.9. The zero-order chi connectivity index (χ0) is 21.0. The molecule has 0 saturated carbocycles. The number of amides is 1. The fourth-order valence-electron chi connectivity index (χ4n) is 3.48. The van der Waals surface area contributed by atoms with Gasteiger partial charge in [0.1, 0.15) is 11.5 Å². The summed E-state index contributed by atoms with van der Waals surface area (Å²) in [6.07, 6.45) is 0.666. The number of hydrogen-bond acceptors (Lipinski definition) is 4.